The minimum atomic E-state index is -4.79. The fourth-order valence-corrected chi connectivity index (χ4v) is 4.93. The number of alkyl halides is 3. The van der Waals surface area contributed by atoms with E-state index in [1.54, 1.807) is 38.2 Å². The lowest BCUT2D eigenvalue weighted by Crippen LogP contribution is -2.56. The van der Waals surface area contributed by atoms with E-state index >= 15 is 0 Å². The summed E-state index contributed by atoms with van der Waals surface area (Å²) >= 11 is 0. The first-order valence-electron chi connectivity index (χ1n) is 13.9. The Bertz CT molecular complexity index is 1770. The Morgan fingerprint density at radius 3 is 2.49 bits per heavy atom. The second kappa shape index (κ2) is 12.4. The number of para-hydroxylation sites is 1. The molecule has 1 aliphatic heterocycles. The molecule has 2 atom stereocenters. The molecule has 0 radical (unpaired) electrons. The summed E-state index contributed by atoms with van der Waals surface area (Å²) < 4.78 is 46.6. The SMILES string of the molecule is CC(C)[C@]1(C(=O)N[C@@H](CC(=O)O)C(=O)COc2cc(C(F)(F)F)nn2-c2ccccc2)CC(c2nccc3ccccc23)=NO1. The molecule has 2 aromatic heterocycles. The van der Waals surface area contributed by atoms with Gasteiger partial charge in [0.2, 0.25) is 11.5 Å². The van der Waals surface area contributed by atoms with Gasteiger partial charge >= 0.3 is 12.1 Å². The van der Waals surface area contributed by atoms with E-state index in [2.05, 4.69) is 20.6 Å². The van der Waals surface area contributed by atoms with Crippen molar-refractivity contribution >= 4 is 34.1 Å². The van der Waals surface area contributed by atoms with Crippen LogP contribution in [0.3, 0.4) is 0 Å². The molecule has 2 N–H and O–H groups in total. The number of halogens is 3. The van der Waals surface area contributed by atoms with Gasteiger partial charge in [0, 0.05) is 30.0 Å². The summed E-state index contributed by atoms with van der Waals surface area (Å²) in [6.45, 7) is 2.58. The molecule has 2 aromatic carbocycles. The molecule has 11 nitrogen and oxygen atoms in total. The van der Waals surface area contributed by atoms with E-state index in [1.165, 1.54) is 12.1 Å². The number of hydrogen-bond acceptors (Lipinski definition) is 8. The number of ether oxygens (including phenoxy) is 1. The van der Waals surface area contributed by atoms with Crippen LogP contribution in [-0.4, -0.2) is 61.5 Å². The van der Waals surface area contributed by atoms with Gasteiger partial charge in [-0.1, -0.05) is 61.5 Å². The third kappa shape index (κ3) is 6.49. The van der Waals surface area contributed by atoms with Crippen molar-refractivity contribution in [1.29, 1.82) is 0 Å². The quantitative estimate of drug-likeness (QED) is 0.247. The summed E-state index contributed by atoms with van der Waals surface area (Å²) in [4.78, 5) is 48.8. The van der Waals surface area contributed by atoms with Crippen LogP contribution in [-0.2, 0) is 25.4 Å². The normalized spacial score (nSPS) is 17.1. The number of carboxylic acid groups (broad SMARTS) is 1. The lowest BCUT2D eigenvalue weighted by atomic mass is 9.83. The number of amides is 1. The second-order valence-corrected chi connectivity index (χ2v) is 10.7. The van der Waals surface area contributed by atoms with Crippen molar-refractivity contribution in [1.82, 2.24) is 20.1 Å². The maximum atomic E-state index is 13.7. The van der Waals surface area contributed by atoms with Gasteiger partial charge in [0.25, 0.3) is 5.91 Å². The van der Waals surface area contributed by atoms with Gasteiger partial charge in [-0.05, 0) is 23.6 Å². The number of pyridine rings is 1. The first-order valence-corrected chi connectivity index (χ1v) is 13.9. The minimum Gasteiger partial charge on any atom is -0.481 e. The van der Waals surface area contributed by atoms with E-state index < -0.39 is 66.0 Å². The molecule has 0 saturated carbocycles. The second-order valence-electron chi connectivity index (χ2n) is 10.7. The molecule has 1 amide bonds. The van der Waals surface area contributed by atoms with Crippen molar-refractivity contribution in [2.24, 2.45) is 11.1 Å². The molecule has 0 aliphatic carbocycles. The molecule has 0 spiro atoms. The molecule has 5 rings (SSSR count). The van der Waals surface area contributed by atoms with Crippen LogP contribution >= 0.6 is 0 Å². The van der Waals surface area contributed by atoms with Gasteiger partial charge in [0.1, 0.15) is 11.8 Å². The Morgan fingerprint density at radius 1 is 1.09 bits per heavy atom. The zero-order chi connectivity index (χ0) is 32.4. The smallest absolute Gasteiger partial charge is 0.435 e. The molecule has 3 heterocycles. The van der Waals surface area contributed by atoms with Crippen LogP contribution < -0.4 is 10.1 Å². The number of hydrogen-bond donors (Lipinski definition) is 2. The average molecular weight is 624 g/mol. The van der Waals surface area contributed by atoms with Crippen LogP contribution in [0.1, 0.15) is 38.1 Å². The molecule has 234 valence electrons. The molecule has 0 fully saturated rings. The van der Waals surface area contributed by atoms with Gasteiger partial charge in [-0.2, -0.15) is 18.3 Å². The number of aromatic nitrogens is 3. The zero-order valence-corrected chi connectivity index (χ0v) is 24.1. The van der Waals surface area contributed by atoms with Crippen molar-refractivity contribution in [3.05, 3.63) is 84.3 Å². The molecule has 4 aromatic rings. The Morgan fingerprint density at radius 2 is 1.80 bits per heavy atom. The first kappa shape index (κ1) is 31.2. The largest absolute Gasteiger partial charge is 0.481 e. The summed E-state index contributed by atoms with van der Waals surface area (Å²) in [6, 6.07) is 16.2. The van der Waals surface area contributed by atoms with E-state index in [9.17, 15) is 32.7 Å². The maximum absolute atomic E-state index is 13.7. The van der Waals surface area contributed by atoms with Gasteiger partial charge in [0.05, 0.1) is 17.8 Å². The average Bonchev–Trinajstić information content (AvgIpc) is 3.66. The molecule has 14 heteroatoms. The highest BCUT2D eigenvalue weighted by Gasteiger charge is 2.51. The van der Waals surface area contributed by atoms with Crippen LogP contribution in [0.4, 0.5) is 13.2 Å². The number of oxime groups is 1. The van der Waals surface area contributed by atoms with Crippen LogP contribution in [0.15, 0.2) is 78.1 Å². The number of fused-ring (bicyclic) bond motifs is 1. The van der Waals surface area contributed by atoms with Gasteiger partial charge < -0.3 is 20.0 Å². The molecule has 45 heavy (non-hydrogen) atoms. The van der Waals surface area contributed by atoms with Crippen molar-refractivity contribution < 1.29 is 42.2 Å². The summed E-state index contributed by atoms with van der Waals surface area (Å²) in [5.41, 5.74) is -1.70. The predicted molar refractivity (Wildman–Crippen MR) is 155 cm³/mol. The number of carbonyl (C=O) groups excluding carboxylic acids is 2. The highest BCUT2D eigenvalue weighted by molar-refractivity contribution is 6.12. The Labute approximate surface area is 254 Å². The fourth-order valence-electron chi connectivity index (χ4n) is 4.93. The highest BCUT2D eigenvalue weighted by atomic mass is 19.4. The van der Waals surface area contributed by atoms with Gasteiger partial charge in [-0.25, -0.2) is 4.68 Å². The van der Waals surface area contributed by atoms with E-state index in [1.807, 2.05) is 30.3 Å². The molecular weight excluding hydrogens is 595 g/mol. The van der Waals surface area contributed by atoms with Crippen LogP contribution in [0.25, 0.3) is 16.5 Å². The summed E-state index contributed by atoms with van der Waals surface area (Å²) in [5.74, 6) is -3.96. The van der Waals surface area contributed by atoms with Crippen molar-refractivity contribution in [2.75, 3.05) is 6.61 Å². The monoisotopic (exact) mass is 623 g/mol. The number of ketones is 1. The van der Waals surface area contributed by atoms with Crippen LogP contribution in [0, 0.1) is 5.92 Å². The van der Waals surface area contributed by atoms with E-state index in [4.69, 9.17) is 9.57 Å². The molecule has 0 bridgehead atoms. The Kier molecular flexibility index (Phi) is 8.57. The Hall–Kier alpha value is -5.27. The minimum absolute atomic E-state index is 0.0154. The number of aliphatic carboxylic acids is 1. The highest BCUT2D eigenvalue weighted by Crippen LogP contribution is 2.36. The van der Waals surface area contributed by atoms with E-state index in [-0.39, 0.29) is 12.1 Å². The number of carboxylic acids is 1. The van der Waals surface area contributed by atoms with E-state index in [0.717, 1.165) is 15.5 Å². The summed E-state index contributed by atoms with van der Waals surface area (Å²) in [5, 5.41) is 21.4. The standard InChI is InChI=1S/C31H28F3N5O6/c1-18(2)30(16-23(38-45-30)28-21-11-7-6-8-19(21)12-13-35-28)29(43)36-22(14-27(41)42)24(40)17-44-26-15-25(31(32,33)34)37-39(26)20-9-4-3-5-10-20/h3-13,15,18,22H,14,16-17H2,1-2H3,(H,36,43)(H,41,42)/t22-,30-/m0/s1. The summed E-state index contributed by atoms with van der Waals surface area (Å²) in [6.07, 6.45) is -4.01. The lowest BCUT2D eigenvalue weighted by molar-refractivity contribution is -0.152. The molecule has 0 saturated heterocycles. The van der Waals surface area contributed by atoms with Crippen molar-refractivity contribution in [2.45, 2.75) is 44.5 Å². The van der Waals surface area contributed by atoms with Gasteiger partial charge in [0.15, 0.2) is 18.1 Å². The molecular formula is C31H28F3N5O6. The summed E-state index contributed by atoms with van der Waals surface area (Å²) in [7, 11) is 0. The zero-order valence-electron chi connectivity index (χ0n) is 24.1. The van der Waals surface area contributed by atoms with E-state index in [0.29, 0.717) is 17.5 Å². The lowest BCUT2D eigenvalue weighted by Gasteiger charge is -2.30. The molecule has 0 unspecified atom stereocenters. The number of rotatable bonds is 11. The topological polar surface area (TPSA) is 145 Å². The number of nitrogens with zero attached hydrogens (tertiary/aromatic N) is 4. The maximum Gasteiger partial charge on any atom is 0.435 e. The van der Waals surface area contributed by atoms with Crippen LogP contribution in [0.2, 0.25) is 0 Å². The van der Waals surface area contributed by atoms with Crippen LogP contribution in [0.5, 0.6) is 5.88 Å². The number of benzene rings is 2. The first-order chi connectivity index (χ1) is 21.4. The number of nitrogens with one attached hydrogen (secondary N) is 1. The van der Waals surface area contributed by atoms with Crippen molar-refractivity contribution in [3.63, 3.8) is 0 Å². The number of Topliss-reactive ketones (excluding diaryl/α,β-unsaturated/α-hetero) is 1. The predicted octanol–water partition coefficient (Wildman–Crippen LogP) is 4.57. The van der Waals surface area contributed by atoms with Crippen molar-refractivity contribution in [3.8, 4) is 11.6 Å². The van der Waals surface area contributed by atoms with Gasteiger partial charge in [-0.15, -0.1) is 0 Å². The third-order valence-electron chi connectivity index (χ3n) is 7.42. The van der Waals surface area contributed by atoms with Gasteiger partial charge in [-0.3, -0.25) is 19.4 Å². The number of carbonyl (C=O) groups is 3. The third-order valence-corrected chi connectivity index (χ3v) is 7.42. The fraction of sp³-hybridized carbons (Fsp3) is 0.290. The Balaban J connectivity index is 1.35. The molecule has 1 aliphatic rings.